The molecule has 2 aromatic rings. The van der Waals surface area contributed by atoms with Gasteiger partial charge in [-0.05, 0) is 48.9 Å². The average Bonchev–Trinajstić information content (AvgIpc) is 2.70. The topological polar surface area (TPSA) is 111 Å². The number of ether oxygens (including phenoxy) is 2. The van der Waals surface area contributed by atoms with Crippen molar-refractivity contribution in [2.24, 2.45) is 0 Å². The number of rotatable bonds is 10. The number of nitrogens with one attached hydrogen (secondary N) is 1. The van der Waals surface area contributed by atoms with Crippen LogP contribution < -0.4 is 9.50 Å². The second-order valence-electron chi connectivity index (χ2n) is 6.58. The average molecular weight is 451 g/mol. The van der Waals surface area contributed by atoms with Gasteiger partial charge in [0.15, 0.2) is 0 Å². The molecule has 0 aromatic heterocycles. The predicted octanol–water partition coefficient (Wildman–Crippen LogP) is 2.88. The van der Waals surface area contributed by atoms with Crippen molar-refractivity contribution in [1.82, 2.24) is 4.90 Å². The lowest BCUT2D eigenvalue weighted by atomic mass is 10.2. The molecule has 0 saturated carbocycles. The van der Waals surface area contributed by atoms with Crippen LogP contribution in [0.2, 0.25) is 0 Å². The van der Waals surface area contributed by atoms with Gasteiger partial charge in [0, 0.05) is 25.9 Å². The quantitative estimate of drug-likeness (QED) is 0.438. The zero-order valence-corrected chi connectivity index (χ0v) is 18.5. The summed E-state index contributed by atoms with van der Waals surface area (Å²) in [5, 5.41) is 2.77. The van der Waals surface area contributed by atoms with E-state index in [1.54, 1.807) is 49.4 Å². The maximum absolute atomic E-state index is 12.8. The molecule has 0 spiro atoms. The van der Waals surface area contributed by atoms with Gasteiger partial charge in [-0.15, -0.1) is 0 Å². The summed E-state index contributed by atoms with van der Waals surface area (Å²) in [6.45, 7) is 2.83. The Morgan fingerprint density at radius 3 is 2.42 bits per heavy atom. The Hall–Kier alpha value is -3.11. The lowest BCUT2D eigenvalue weighted by Gasteiger charge is -2.23. The fourth-order valence-corrected chi connectivity index (χ4v) is 3.10. The Kier molecular flexibility index (Phi) is 8.83. The molecule has 0 aliphatic rings. The van der Waals surface area contributed by atoms with Crippen molar-refractivity contribution in [2.45, 2.75) is 13.5 Å². The molecule has 2 amide bonds. The summed E-state index contributed by atoms with van der Waals surface area (Å²) < 4.78 is 37.6. The standard InChI is InChI=1S/C21H26N2O7S/c1-4-29-20(24)17-8-10-18(11-9-17)22-21(25)23(12-13-28-2)15-16-6-5-7-19(14-16)30-31(3,26)27/h5-11,14H,4,12-13,15H2,1-3H3,(H,22,25). The predicted molar refractivity (Wildman–Crippen MR) is 116 cm³/mol. The minimum absolute atomic E-state index is 0.168. The molecule has 0 unspecified atom stereocenters. The van der Waals surface area contributed by atoms with Gasteiger partial charge in [-0.1, -0.05) is 12.1 Å². The first-order valence-electron chi connectivity index (χ1n) is 9.52. The van der Waals surface area contributed by atoms with Crippen LogP contribution in [0.25, 0.3) is 0 Å². The summed E-state index contributed by atoms with van der Waals surface area (Å²) in [6, 6.07) is 12.5. The number of methoxy groups -OCH3 is 1. The monoisotopic (exact) mass is 450 g/mol. The van der Waals surface area contributed by atoms with Gasteiger partial charge in [0.05, 0.1) is 25.0 Å². The van der Waals surface area contributed by atoms with Crippen molar-refractivity contribution in [3.63, 3.8) is 0 Å². The number of amides is 2. The molecule has 9 nitrogen and oxygen atoms in total. The lowest BCUT2D eigenvalue weighted by Crippen LogP contribution is -2.36. The van der Waals surface area contributed by atoms with E-state index < -0.39 is 16.1 Å². The third-order valence-electron chi connectivity index (χ3n) is 4.02. The molecule has 0 fully saturated rings. The molecule has 168 valence electrons. The Labute approximate surface area is 182 Å². The fourth-order valence-electron chi connectivity index (χ4n) is 2.65. The van der Waals surface area contributed by atoms with Crippen molar-refractivity contribution >= 4 is 27.8 Å². The van der Waals surface area contributed by atoms with Crippen LogP contribution in [0.15, 0.2) is 48.5 Å². The molecule has 10 heteroatoms. The Balaban J connectivity index is 2.10. The van der Waals surface area contributed by atoms with Crippen LogP contribution >= 0.6 is 0 Å². The Morgan fingerprint density at radius 1 is 1.10 bits per heavy atom. The molecule has 0 atom stereocenters. The summed E-state index contributed by atoms with van der Waals surface area (Å²) >= 11 is 0. The summed E-state index contributed by atoms with van der Waals surface area (Å²) in [4.78, 5) is 26.1. The van der Waals surface area contributed by atoms with Crippen LogP contribution in [0, 0.1) is 0 Å². The zero-order chi connectivity index (χ0) is 22.9. The number of hydrogen-bond acceptors (Lipinski definition) is 7. The van der Waals surface area contributed by atoms with E-state index >= 15 is 0 Å². The third-order valence-corrected chi connectivity index (χ3v) is 4.51. The van der Waals surface area contributed by atoms with Crippen molar-refractivity contribution in [3.05, 3.63) is 59.7 Å². The van der Waals surface area contributed by atoms with Crippen molar-refractivity contribution in [3.8, 4) is 5.75 Å². The van der Waals surface area contributed by atoms with E-state index in [1.165, 1.54) is 18.1 Å². The normalized spacial score (nSPS) is 10.9. The molecule has 0 saturated heterocycles. The molecule has 0 aliphatic carbocycles. The van der Waals surface area contributed by atoms with Crippen LogP contribution in [-0.2, 0) is 26.1 Å². The SMILES string of the molecule is CCOC(=O)c1ccc(NC(=O)N(CCOC)Cc2cccc(OS(C)(=O)=O)c2)cc1. The largest absolute Gasteiger partial charge is 0.462 e. The number of urea groups is 1. The Morgan fingerprint density at radius 2 is 1.81 bits per heavy atom. The summed E-state index contributed by atoms with van der Waals surface area (Å²) in [5.41, 5.74) is 1.58. The van der Waals surface area contributed by atoms with E-state index in [9.17, 15) is 18.0 Å². The van der Waals surface area contributed by atoms with Crippen molar-refractivity contribution < 1.29 is 31.7 Å². The van der Waals surface area contributed by atoms with Crippen LogP contribution in [0.4, 0.5) is 10.5 Å². The van der Waals surface area contributed by atoms with Gasteiger partial charge < -0.3 is 23.9 Å². The van der Waals surface area contributed by atoms with Gasteiger partial charge in [0.25, 0.3) is 0 Å². The lowest BCUT2D eigenvalue weighted by molar-refractivity contribution is 0.0526. The molecule has 0 bridgehead atoms. The number of anilines is 1. The molecule has 0 heterocycles. The molecular formula is C21H26N2O7S. The van der Waals surface area contributed by atoms with Crippen LogP contribution in [0.1, 0.15) is 22.8 Å². The summed E-state index contributed by atoms with van der Waals surface area (Å²) in [7, 11) is -2.12. The van der Waals surface area contributed by atoms with Crippen LogP contribution in [0.3, 0.4) is 0 Å². The first kappa shape index (κ1) is 24.2. The molecule has 2 rings (SSSR count). The van der Waals surface area contributed by atoms with E-state index in [1.807, 2.05) is 0 Å². The number of hydrogen-bond donors (Lipinski definition) is 1. The smallest absolute Gasteiger partial charge is 0.338 e. The van der Waals surface area contributed by atoms with E-state index in [4.69, 9.17) is 13.7 Å². The number of carbonyl (C=O) groups excluding carboxylic acids is 2. The molecule has 31 heavy (non-hydrogen) atoms. The van der Waals surface area contributed by atoms with Crippen molar-refractivity contribution in [2.75, 3.05) is 38.4 Å². The number of nitrogens with zero attached hydrogens (tertiary/aromatic N) is 1. The molecule has 2 aromatic carbocycles. The first-order valence-corrected chi connectivity index (χ1v) is 11.3. The highest BCUT2D eigenvalue weighted by molar-refractivity contribution is 7.86. The van der Waals surface area contributed by atoms with Gasteiger partial charge in [0.2, 0.25) is 0 Å². The van der Waals surface area contributed by atoms with Gasteiger partial charge in [-0.3, -0.25) is 0 Å². The first-order chi connectivity index (χ1) is 14.7. The van der Waals surface area contributed by atoms with E-state index in [0.29, 0.717) is 30.0 Å². The second-order valence-corrected chi connectivity index (χ2v) is 8.15. The second kappa shape index (κ2) is 11.3. The molecule has 0 aliphatic heterocycles. The van der Waals surface area contributed by atoms with Gasteiger partial charge >= 0.3 is 22.1 Å². The zero-order valence-electron chi connectivity index (χ0n) is 17.7. The van der Waals surface area contributed by atoms with E-state index in [0.717, 1.165) is 6.26 Å². The highest BCUT2D eigenvalue weighted by Crippen LogP contribution is 2.18. The third kappa shape index (κ3) is 8.27. The maximum Gasteiger partial charge on any atom is 0.338 e. The highest BCUT2D eigenvalue weighted by atomic mass is 32.2. The fraction of sp³-hybridized carbons (Fsp3) is 0.333. The highest BCUT2D eigenvalue weighted by Gasteiger charge is 2.16. The number of benzene rings is 2. The number of carbonyl (C=O) groups is 2. The summed E-state index contributed by atoms with van der Waals surface area (Å²) in [5.74, 6) is -0.264. The van der Waals surface area contributed by atoms with Crippen molar-refractivity contribution in [1.29, 1.82) is 0 Å². The van der Waals surface area contributed by atoms with Gasteiger partial charge in [-0.2, -0.15) is 8.42 Å². The van der Waals surface area contributed by atoms with Crippen LogP contribution in [-0.4, -0.2) is 58.4 Å². The summed E-state index contributed by atoms with van der Waals surface area (Å²) in [6.07, 6.45) is 0.964. The number of esters is 1. The van der Waals surface area contributed by atoms with E-state index in [2.05, 4.69) is 5.32 Å². The molecular weight excluding hydrogens is 424 g/mol. The van der Waals surface area contributed by atoms with Crippen LogP contribution in [0.5, 0.6) is 5.75 Å². The van der Waals surface area contributed by atoms with Gasteiger partial charge in [0.1, 0.15) is 5.75 Å². The minimum Gasteiger partial charge on any atom is -0.462 e. The van der Waals surface area contributed by atoms with E-state index in [-0.39, 0.29) is 24.9 Å². The Bertz CT molecular complexity index is 991. The maximum atomic E-state index is 12.8. The molecule has 0 radical (unpaired) electrons. The minimum atomic E-state index is -3.65. The van der Waals surface area contributed by atoms with Gasteiger partial charge in [-0.25, -0.2) is 9.59 Å². The molecule has 1 N–H and O–H groups in total.